The van der Waals surface area contributed by atoms with E-state index in [-0.39, 0.29) is 6.10 Å². The van der Waals surface area contributed by atoms with Gasteiger partial charge in [0, 0.05) is 6.04 Å². The third-order valence-electron chi connectivity index (χ3n) is 3.94. The van der Waals surface area contributed by atoms with Crippen molar-refractivity contribution < 1.29 is 9.84 Å². The van der Waals surface area contributed by atoms with E-state index in [1.165, 1.54) is 32.1 Å². The zero-order valence-electron chi connectivity index (χ0n) is 10.5. The summed E-state index contributed by atoms with van der Waals surface area (Å²) in [5.74, 6) is 1.36. The summed E-state index contributed by atoms with van der Waals surface area (Å²) in [5.41, 5.74) is 0. The van der Waals surface area contributed by atoms with Gasteiger partial charge in [-0.05, 0) is 31.2 Å². The van der Waals surface area contributed by atoms with Crippen molar-refractivity contribution in [2.45, 2.75) is 64.4 Å². The van der Waals surface area contributed by atoms with Gasteiger partial charge in [-0.25, -0.2) is 0 Å². The molecule has 94 valence electrons. The molecule has 0 bridgehead atoms. The first-order valence-electron chi connectivity index (χ1n) is 6.75. The van der Waals surface area contributed by atoms with Gasteiger partial charge < -0.3 is 15.2 Å². The largest absolute Gasteiger partial charge is 0.366 e. The second kappa shape index (κ2) is 5.48. The molecular weight excluding hydrogens is 202 g/mol. The summed E-state index contributed by atoms with van der Waals surface area (Å²) < 4.78 is 5.17. The van der Waals surface area contributed by atoms with Crippen LogP contribution in [0.15, 0.2) is 0 Å². The highest BCUT2D eigenvalue weighted by Gasteiger charge is 2.44. The van der Waals surface area contributed by atoms with E-state index < -0.39 is 6.29 Å². The van der Waals surface area contributed by atoms with Gasteiger partial charge in [0.15, 0.2) is 6.29 Å². The Kier molecular flexibility index (Phi) is 4.22. The monoisotopic (exact) mass is 227 g/mol. The summed E-state index contributed by atoms with van der Waals surface area (Å²) in [6.07, 6.45) is 6.43. The highest BCUT2D eigenvalue weighted by atomic mass is 16.7. The molecule has 16 heavy (non-hydrogen) atoms. The molecule has 0 amide bonds. The predicted molar refractivity (Wildman–Crippen MR) is 64.1 cm³/mol. The topological polar surface area (TPSA) is 44.8 Å². The molecule has 1 saturated carbocycles. The van der Waals surface area contributed by atoms with Gasteiger partial charge in [0.05, 0.1) is 0 Å². The number of epoxide rings is 1. The Labute approximate surface area is 98.6 Å². The van der Waals surface area contributed by atoms with Crippen molar-refractivity contribution in [3.05, 3.63) is 0 Å². The van der Waals surface area contributed by atoms with E-state index in [4.69, 9.17) is 4.74 Å². The zero-order valence-corrected chi connectivity index (χ0v) is 10.5. The summed E-state index contributed by atoms with van der Waals surface area (Å²) in [4.78, 5) is 0. The van der Waals surface area contributed by atoms with E-state index in [9.17, 15) is 5.11 Å². The van der Waals surface area contributed by atoms with Crippen LogP contribution >= 0.6 is 0 Å². The first-order chi connectivity index (χ1) is 7.68. The van der Waals surface area contributed by atoms with Crippen LogP contribution in [0.3, 0.4) is 0 Å². The number of rotatable bonds is 5. The van der Waals surface area contributed by atoms with Gasteiger partial charge in [-0.3, -0.25) is 0 Å². The molecule has 1 aliphatic carbocycles. The Balaban J connectivity index is 1.73. The molecule has 0 radical (unpaired) electrons. The van der Waals surface area contributed by atoms with Crippen molar-refractivity contribution >= 4 is 0 Å². The lowest BCUT2D eigenvalue weighted by atomic mass is 9.88. The summed E-state index contributed by atoms with van der Waals surface area (Å²) in [6.45, 7) is 5.47. The van der Waals surface area contributed by atoms with Gasteiger partial charge in [-0.1, -0.05) is 33.1 Å². The van der Waals surface area contributed by atoms with Crippen LogP contribution in [0, 0.1) is 11.8 Å². The van der Waals surface area contributed by atoms with E-state index in [0.717, 1.165) is 12.5 Å². The fraction of sp³-hybridized carbons (Fsp3) is 1.00. The number of aliphatic hydroxyl groups excluding tert-OH is 1. The Morgan fingerprint density at radius 3 is 2.38 bits per heavy atom. The molecule has 2 N–H and O–H groups in total. The van der Waals surface area contributed by atoms with Crippen molar-refractivity contribution in [2.24, 2.45) is 11.8 Å². The molecule has 0 aromatic rings. The van der Waals surface area contributed by atoms with E-state index in [1.54, 1.807) is 0 Å². The first-order valence-corrected chi connectivity index (χ1v) is 6.75. The molecule has 2 fully saturated rings. The molecule has 2 aliphatic rings. The van der Waals surface area contributed by atoms with Crippen LogP contribution in [-0.2, 0) is 4.74 Å². The van der Waals surface area contributed by atoms with Crippen molar-refractivity contribution in [3.63, 3.8) is 0 Å². The summed E-state index contributed by atoms with van der Waals surface area (Å²) in [5, 5.41) is 12.9. The molecule has 3 unspecified atom stereocenters. The van der Waals surface area contributed by atoms with Crippen LogP contribution in [0.2, 0.25) is 0 Å². The molecule has 3 heteroatoms. The standard InChI is InChI=1S/C13H25NO2/c1-9(2)11(12-13(15)16-12)14-8-10-6-4-3-5-7-10/h9-15H,3-8H2,1-2H3. The molecule has 0 aromatic carbocycles. The summed E-state index contributed by atoms with van der Waals surface area (Å²) in [7, 11) is 0. The average molecular weight is 227 g/mol. The van der Waals surface area contributed by atoms with Crippen LogP contribution < -0.4 is 5.32 Å². The molecular formula is C13H25NO2. The van der Waals surface area contributed by atoms with Crippen LogP contribution in [0.4, 0.5) is 0 Å². The second-order valence-corrected chi connectivity index (χ2v) is 5.67. The van der Waals surface area contributed by atoms with Crippen LogP contribution in [0.1, 0.15) is 46.0 Å². The fourth-order valence-corrected chi connectivity index (χ4v) is 2.80. The number of ether oxygens (including phenoxy) is 1. The summed E-state index contributed by atoms with van der Waals surface area (Å²) >= 11 is 0. The molecule has 0 aromatic heterocycles. The molecule has 3 atom stereocenters. The minimum Gasteiger partial charge on any atom is -0.366 e. The SMILES string of the molecule is CC(C)C(NCC1CCCCC1)C1OC1O. The number of hydrogen-bond acceptors (Lipinski definition) is 3. The van der Waals surface area contributed by atoms with Crippen molar-refractivity contribution in [2.75, 3.05) is 6.54 Å². The molecule has 0 spiro atoms. The molecule has 3 nitrogen and oxygen atoms in total. The fourth-order valence-electron chi connectivity index (χ4n) is 2.80. The molecule has 1 aliphatic heterocycles. The van der Waals surface area contributed by atoms with Gasteiger partial charge in [-0.2, -0.15) is 0 Å². The first kappa shape index (κ1) is 12.3. The summed E-state index contributed by atoms with van der Waals surface area (Å²) in [6, 6.07) is 0.317. The number of hydrogen-bond donors (Lipinski definition) is 2. The maximum Gasteiger partial charge on any atom is 0.183 e. The molecule has 2 rings (SSSR count). The van der Waals surface area contributed by atoms with E-state index >= 15 is 0 Å². The lowest BCUT2D eigenvalue weighted by Gasteiger charge is -2.26. The van der Waals surface area contributed by atoms with Crippen molar-refractivity contribution in [3.8, 4) is 0 Å². The minimum atomic E-state index is -0.522. The van der Waals surface area contributed by atoms with Gasteiger partial charge in [0.1, 0.15) is 6.10 Å². The molecule has 1 heterocycles. The zero-order chi connectivity index (χ0) is 11.5. The Bertz CT molecular complexity index is 214. The van der Waals surface area contributed by atoms with Gasteiger partial charge in [0.2, 0.25) is 0 Å². The lowest BCUT2D eigenvalue weighted by molar-refractivity contribution is 0.155. The lowest BCUT2D eigenvalue weighted by Crippen LogP contribution is -2.42. The highest BCUT2D eigenvalue weighted by Crippen LogP contribution is 2.28. The third kappa shape index (κ3) is 3.19. The van der Waals surface area contributed by atoms with Gasteiger partial charge >= 0.3 is 0 Å². The van der Waals surface area contributed by atoms with E-state index in [2.05, 4.69) is 19.2 Å². The van der Waals surface area contributed by atoms with E-state index in [1.807, 2.05) is 0 Å². The Morgan fingerprint density at radius 1 is 1.25 bits per heavy atom. The maximum absolute atomic E-state index is 9.32. The van der Waals surface area contributed by atoms with Crippen LogP contribution in [0.5, 0.6) is 0 Å². The van der Waals surface area contributed by atoms with E-state index in [0.29, 0.717) is 12.0 Å². The highest BCUT2D eigenvalue weighted by molar-refractivity contribution is 4.91. The van der Waals surface area contributed by atoms with Crippen LogP contribution in [0.25, 0.3) is 0 Å². The quantitative estimate of drug-likeness (QED) is 0.705. The number of aliphatic hydroxyl groups is 1. The average Bonchev–Trinajstić information content (AvgIpc) is 2.97. The Hall–Kier alpha value is -0.120. The minimum absolute atomic E-state index is 0.0311. The van der Waals surface area contributed by atoms with Crippen molar-refractivity contribution in [1.29, 1.82) is 0 Å². The van der Waals surface area contributed by atoms with Crippen LogP contribution in [-0.4, -0.2) is 30.1 Å². The number of nitrogens with one attached hydrogen (secondary N) is 1. The second-order valence-electron chi connectivity index (χ2n) is 5.67. The van der Waals surface area contributed by atoms with Gasteiger partial charge in [-0.15, -0.1) is 0 Å². The Morgan fingerprint density at radius 2 is 1.88 bits per heavy atom. The maximum atomic E-state index is 9.32. The van der Waals surface area contributed by atoms with Crippen molar-refractivity contribution in [1.82, 2.24) is 5.32 Å². The van der Waals surface area contributed by atoms with Gasteiger partial charge in [0.25, 0.3) is 0 Å². The smallest absolute Gasteiger partial charge is 0.183 e. The molecule has 1 saturated heterocycles. The predicted octanol–water partition coefficient (Wildman–Crippen LogP) is 1.90. The normalized spacial score (nSPS) is 33.0. The third-order valence-corrected chi connectivity index (χ3v) is 3.94.